The van der Waals surface area contributed by atoms with Crippen LogP contribution in [0.5, 0.6) is 0 Å². The minimum absolute atomic E-state index is 0.0587. The molecule has 0 fully saturated rings. The first-order valence-corrected chi connectivity index (χ1v) is 5.92. The van der Waals surface area contributed by atoms with Crippen LogP contribution in [0.25, 0.3) is 0 Å². The molecule has 0 aliphatic rings. The van der Waals surface area contributed by atoms with Gasteiger partial charge in [0.15, 0.2) is 18.2 Å². The van der Waals surface area contributed by atoms with Crippen LogP contribution in [0, 0.1) is 5.21 Å². The number of hydrogen-bond donors (Lipinski definition) is 2. The summed E-state index contributed by atoms with van der Waals surface area (Å²) in [6.45, 7) is 6.16. The van der Waals surface area contributed by atoms with Crippen molar-refractivity contribution in [2.24, 2.45) is 0 Å². The van der Waals surface area contributed by atoms with Crippen LogP contribution in [0.1, 0.15) is 36.8 Å². The van der Waals surface area contributed by atoms with Crippen LogP contribution in [0.15, 0.2) is 30.6 Å². The number of carbonyl (C=O) groups is 1. The molecule has 0 bridgehead atoms. The molecule has 6 nitrogen and oxygen atoms in total. The zero-order valence-electron chi connectivity index (χ0n) is 11.1. The molecule has 6 heteroatoms. The van der Waals surface area contributed by atoms with Gasteiger partial charge in [-0.25, -0.2) is 0 Å². The van der Waals surface area contributed by atoms with Crippen LogP contribution in [0.4, 0.5) is 5.82 Å². The minimum atomic E-state index is -0.299. The highest BCUT2D eigenvalue weighted by molar-refractivity contribution is 6.03. The molecule has 0 atom stereocenters. The second-order valence-corrected chi connectivity index (χ2v) is 5.32. The molecule has 19 heavy (non-hydrogen) atoms. The van der Waals surface area contributed by atoms with Crippen LogP contribution >= 0.6 is 0 Å². The summed E-state index contributed by atoms with van der Waals surface area (Å²) in [4.78, 5) is 11.9. The highest BCUT2D eigenvalue weighted by Gasteiger charge is 2.17. The van der Waals surface area contributed by atoms with Crippen LogP contribution in [0.2, 0.25) is 0 Å². The molecule has 2 aromatic rings. The summed E-state index contributed by atoms with van der Waals surface area (Å²) in [6.07, 6.45) is 2.56. The molecule has 0 spiro atoms. The average molecular weight is 260 g/mol. The van der Waals surface area contributed by atoms with Gasteiger partial charge < -0.3 is 10.5 Å². The van der Waals surface area contributed by atoms with E-state index in [0.717, 1.165) is 5.69 Å². The number of hydrogen-bond acceptors (Lipinski definition) is 3. The van der Waals surface area contributed by atoms with E-state index in [0.29, 0.717) is 16.1 Å². The predicted molar refractivity (Wildman–Crippen MR) is 70.6 cm³/mol. The number of amides is 1. The first-order chi connectivity index (χ1) is 8.86. The Labute approximate surface area is 111 Å². The van der Waals surface area contributed by atoms with Gasteiger partial charge in [0.2, 0.25) is 0 Å². The fraction of sp³-hybridized carbons (Fsp3) is 0.308. The molecule has 0 aliphatic heterocycles. The van der Waals surface area contributed by atoms with Crippen molar-refractivity contribution in [3.8, 4) is 0 Å². The van der Waals surface area contributed by atoms with Gasteiger partial charge in [-0.05, 0) is 0 Å². The van der Waals surface area contributed by atoms with Crippen molar-refractivity contribution in [3.05, 3.63) is 47.1 Å². The Morgan fingerprint density at radius 3 is 2.53 bits per heavy atom. The number of aromatic nitrogens is 3. The Kier molecular flexibility index (Phi) is 3.25. The van der Waals surface area contributed by atoms with Crippen LogP contribution < -0.4 is 10.0 Å². The molecular formula is C13H16N4O2. The zero-order valence-corrected chi connectivity index (χ0v) is 11.1. The number of rotatable bonds is 2. The summed E-state index contributed by atoms with van der Waals surface area (Å²) in [7, 11) is 0. The molecule has 0 saturated heterocycles. The Morgan fingerprint density at radius 1 is 1.37 bits per heavy atom. The highest BCUT2D eigenvalue weighted by atomic mass is 16.5. The van der Waals surface area contributed by atoms with E-state index in [1.807, 2.05) is 0 Å². The first-order valence-electron chi connectivity index (χ1n) is 5.92. The highest BCUT2D eigenvalue weighted by Crippen LogP contribution is 2.22. The molecule has 2 heterocycles. The quantitative estimate of drug-likeness (QED) is 0.635. The molecule has 0 unspecified atom stereocenters. The Morgan fingerprint density at radius 2 is 2.00 bits per heavy atom. The summed E-state index contributed by atoms with van der Waals surface area (Å²) in [5.41, 5.74) is 1.29. The van der Waals surface area contributed by atoms with E-state index < -0.39 is 0 Å². The summed E-state index contributed by atoms with van der Waals surface area (Å²) in [5.74, 6) is 0.168. The Hall–Kier alpha value is -2.37. The molecule has 0 saturated carbocycles. The van der Waals surface area contributed by atoms with Crippen molar-refractivity contribution < 1.29 is 9.52 Å². The van der Waals surface area contributed by atoms with Crippen molar-refractivity contribution in [1.29, 1.82) is 0 Å². The van der Waals surface area contributed by atoms with Crippen molar-refractivity contribution >= 4 is 11.7 Å². The van der Waals surface area contributed by atoms with Gasteiger partial charge in [-0.1, -0.05) is 20.8 Å². The van der Waals surface area contributed by atoms with E-state index >= 15 is 0 Å². The number of H-pyrrole nitrogens is 1. The molecule has 0 radical (unpaired) electrons. The Bertz CT molecular complexity index is 581. The third kappa shape index (κ3) is 3.09. The normalized spacial score (nSPS) is 11.3. The fourth-order valence-electron chi connectivity index (χ4n) is 1.52. The van der Waals surface area contributed by atoms with Gasteiger partial charge in [-0.3, -0.25) is 9.89 Å². The van der Waals surface area contributed by atoms with Crippen LogP contribution in [-0.4, -0.2) is 16.1 Å². The second-order valence-electron chi connectivity index (χ2n) is 5.32. The number of aromatic amines is 1. The number of nitrogens with one attached hydrogen (secondary N) is 2. The summed E-state index contributed by atoms with van der Waals surface area (Å²) < 4.78 is 0.628. The average Bonchev–Trinajstić information content (AvgIpc) is 2.78. The van der Waals surface area contributed by atoms with Crippen molar-refractivity contribution in [2.45, 2.75) is 26.2 Å². The topological polar surface area (TPSA) is 84.7 Å². The fourth-order valence-corrected chi connectivity index (χ4v) is 1.52. The molecular weight excluding hydrogens is 244 g/mol. The van der Waals surface area contributed by atoms with Gasteiger partial charge in [-0.15, -0.1) is 0 Å². The Balaban J connectivity index is 2.11. The lowest BCUT2D eigenvalue weighted by Crippen LogP contribution is -2.25. The van der Waals surface area contributed by atoms with E-state index in [9.17, 15) is 10.0 Å². The largest absolute Gasteiger partial charge is 0.619 e. The number of pyridine rings is 1. The van der Waals surface area contributed by atoms with Crippen molar-refractivity contribution in [3.63, 3.8) is 0 Å². The monoisotopic (exact) mass is 260 g/mol. The SMILES string of the molecule is CC(C)(C)c1cc(NC(=O)c2cc[n+]([O-])cc2)n[nH]1. The molecule has 1 amide bonds. The predicted octanol–water partition coefficient (Wildman–Crippen LogP) is 1.59. The van der Waals surface area contributed by atoms with Crippen LogP contribution in [-0.2, 0) is 5.41 Å². The number of nitrogens with zero attached hydrogens (tertiary/aromatic N) is 2. The van der Waals surface area contributed by atoms with E-state index in [-0.39, 0.29) is 11.3 Å². The molecule has 0 aromatic carbocycles. The standard InChI is InChI=1S/C13H16N4O2/c1-13(2,3)10-8-11(16-15-10)14-12(18)9-4-6-17(19)7-5-9/h4-8H,1-3H3,(H2,14,15,16,18). The van der Waals surface area contributed by atoms with Crippen molar-refractivity contribution in [1.82, 2.24) is 10.2 Å². The number of anilines is 1. The van der Waals surface area contributed by atoms with Gasteiger partial charge in [0.05, 0.1) is 5.56 Å². The second kappa shape index (κ2) is 4.72. The van der Waals surface area contributed by atoms with E-state index in [2.05, 4.69) is 36.3 Å². The van der Waals surface area contributed by atoms with Crippen LogP contribution in [0.3, 0.4) is 0 Å². The molecule has 0 aliphatic carbocycles. The molecule has 2 aromatic heterocycles. The third-order valence-electron chi connectivity index (χ3n) is 2.69. The number of carbonyl (C=O) groups excluding carboxylic acids is 1. The summed E-state index contributed by atoms with van der Waals surface area (Å²) in [5, 5.41) is 20.5. The summed E-state index contributed by atoms with van der Waals surface area (Å²) >= 11 is 0. The first kappa shape index (κ1) is 13.1. The summed E-state index contributed by atoms with van der Waals surface area (Å²) in [6, 6.07) is 4.72. The maximum absolute atomic E-state index is 11.9. The lowest BCUT2D eigenvalue weighted by molar-refractivity contribution is -0.605. The van der Waals surface area contributed by atoms with E-state index in [4.69, 9.17) is 0 Å². The van der Waals surface area contributed by atoms with E-state index in [1.54, 1.807) is 6.07 Å². The molecule has 100 valence electrons. The maximum atomic E-state index is 11.9. The van der Waals surface area contributed by atoms with Crippen molar-refractivity contribution in [2.75, 3.05) is 5.32 Å². The smallest absolute Gasteiger partial charge is 0.257 e. The van der Waals surface area contributed by atoms with E-state index in [1.165, 1.54) is 24.5 Å². The van der Waals surface area contributed by atoms with Gasteiger partial charge in [0.25, 0.3) is 5.91 Å². The molecule has 2 rings (SSSR count). The maximum Gasteiger partial charge on any atom is 0.257 e. The molecule has 2 N–H and O–H groups in total. The zero-order chi connectivity index (χ0) is 14.0. The van der Waals surface area contributed by atoms with Gasteiger partial charge >= 0.3 is 0 Å². The lowest BCUT2D eigenvalue weighted by atomic mass is 9.92. The third-order valence-corrected chi connectivity index (χ3v) is 2.69. The lowest BCUT2D eigenvalue weighted by Gasteiger charge is -2.14. The van der Waals surface area contributed by atoms with Gasteiger partial charge in [0.1, 0.15) is 0 Å². The van der Waals surface area contributed by atoms with Gasteiger partial charge in [-0.2, -0.15) is 9.83 Å². The minimum Gasteiger partial charge on any atom is -0.619 e. The van der Waals surface area contributed by atoms with Gasteiger partial charge in [0, 0.05) is 29.3 Å².